The molecule has 1 nitrogen and oxygen atoms in total. The van der Waals surface area contributed by atoms with Gasteiger partial charge in [0.25, 0.3) is 0 Å². The first-order valence-corrected chi connectivity index (χ1v) is 3.83. The van der Waals surface area contributed by atoms with Crippen LogP contribution in [0.2, 0.25) is 0 Å². The summed E-state index contributed by atoms with van der Waals surface area (Å²) < 4.78 is 0. The van der Waals surface area contributed by atoms with Crippen molar-refractivity contribution in [1.82, 2.24) is 0 Å². The number of halogens is 1. The molecule has 2 atom stereocenters. The van der Waals surface area contributed by atoms with Crippen LogP contribution >= 0.6 is 11.6 Å². The summed E-state index contributed by atoms with van der Waals surface area (Å²) in [7, 11) is 0. The largest absolute Gasteiger partial charge is 0.298 e. The Hall–Kier alpha value is -0.0400. The van der Waals surface area contributed by atoms with Crippen LogP contribution in [-0.2, 0) is 4.79 Å². The highest BCUT2D eigenvalue weighted by atomic mass is 35.5. The predicted octanol–water partition coefficient (Wildman–Crippen LogP) is 1.98. The van der Waals surface area contributed by atoms with E-state index in [1.807, 2.05) is 6.92 Å². The second kappa shape index (κ2) is 2.70. The Balaban J connectivity index is 2.52. The first kappa shape index (κ1) is 7.07. The lowest BCUT2D eigenvalue weighted by Gasteiger charge is -2.19. The number of hydrogen-bond acceptors (Lipinski definition) is 1. The summed E-state index contributed by atoms with van der Waals surface area (Å²) in [4.78, 5) is 11.0. The quantitative estimate of drug-likeness (QED) is 0.478. The van der Waals surface area contributed by atoms with Gasteiger partial charge in [0.15, 0.2) is 5.78 Å². The van der Waals surface area contributed by atoms with Crippen LogP contribution in [0.25, 0.3) is 0 Å². The van der Waals surface area contributed by atoms with Crippen molar-refractivity contribution in [1.29, 1.82) is 0 Å². The molecule has 1 aliphatic carbocycles. The van der Waals surface area contributed by atoms with Crippen LogP contribution in [0, 0.1) is 5.92 Å². The van der Waals surface area contributed by atoms with Crippen molar-refractivity contribution in [2.45, 2.75) is 31.6 Å². The van der Waals surface area contributed by atoms with Crippen LogP contribution in [0.5, 0.6) is 0 Å². The summed E-state index contributed by atoms with van der Waals surface area (Å²) in [5, 5.41) is -0.186. The molecule has 1 aliphatic rings. The highest BCUT2D eigenvalue weighted by Crippen LogP contribution is 2.23. The maximum Gasteiger partial charge on any atom is 0.153 e. The molecule has 0 N–H and O–H groups in total. The summed E-state index contributed by atoms with van der Waals surface area (Å²) in [6.45, 7) is 1.96. The van der Waals surface area contributed by atoms with E-state index in [9.17, 15) is 4.79 Å². The summed E-state index contributed by atoms with van der Waals surface area (Å²) >= 11 is 5.71. The van der Waals surface area contributed by atoms with Gasteiger partial charge in [-0.2, -0.15) is 0 Å². The molecule has 0 spiro atoms. The number of carbonyl (C=O) groups is 1. The number of hydrogen-bond donors (Lipinski definition) is 0. The van der Waals surface area contributed by atoms with Crippen LogP contribution in [0.15, 0.2) is 0 Å². The fourth-order valence-corrected chi connectivity index (χ4v) is 1.57. The minimum atomic E-state index is -0.186. The van der Waals surface area contributed by atoms with Crippen LogP contribution in [0.1, 0.15) is 26.2 Å². The first-order chi connectivity index (χ1) is 4.22. The standard InChI is InChI=1S/C7H11ClO/c1-5-3-2-4-6(8)7(5)9/h5-6H,2-4H2,1H3/t5-,6+/m0/s1. The molecule has 1 saturated carbocycles. The van der Waals surface area contributed by atoms with Gasteiger partial charge in [-0.1, -0.05) is 13.3 Å². The third-order valence-electron chi connectivity index (χ3n) is 1.89. The van der Waals surface area contributed by atoms with E-state index in [1.165, 1.54) is 0 Å². The van der Waals surface area contributed by atoms with Gasteiger partial charge in [-0.25, -0.2) is 0 Å². The van der Waals surface area contributed by atoms with Crippen LogP contribution in [0.3, 0.4) is 0 Å². The smallest absolute Gasteiger partial charge is 0.153 e. The fraction of sp³-hybridized carbons (Fsp3) is 0.857. The summed E-state index contributed by atoms with van der Waals surface area (Å²) in [5.41, 5.74) is 0. The molecule has 0 bridgehead atoms. The molecule has 1 rings (SSSR count). The molecule has 0 aromatic heterocycles. The minimum Gasteiger partial charge on any atom is -0.298 e. The van der Waals surface area contributed by atoms with E-state index in [4.69, 9.17) is 11.6 Å². The van der Waals surface area contributed by atoms with Gasteiger partial charge < -0.3 is 0 Å². The lowest BCUT2D eigenvalue weighted by molar-refractivity contribution is -0.123. The van der Waals surface area contributed by atoms with Gasteiger partial charge in [0.05, 0.1) is 5.38 Å². The van der Waals surface area contributed by atoms with E-state index in [2.05, 4.69) is 0 Å². The molecular weight excluding hydrogens is 136 g/mol. The Morgan fingerprint density at radius 3 is 2.67 bits per heavy atom. The van der Waals surface area contributed by atoms with Crippen LogP contribution in [-0.4, -0.2) is 11.2 Å². The average Bonchev–Trinajstić information content (AvgIpc) is 1.83. The lowest BCUT2D eigenvalue weighted by Crippen LogP contribution is -2.26. The third kappa shape index (κ3) is 1.45. The molecule has 0 aromatic carbocycles. The zero-order valence-electron chi connectivity index (χ0n) is 5.56. The van der Waals surface area contributed by atoms with Gasteiger partial charge in [0, 0.05) is 5.92 Å². The lowest BCUT2D eigenvalue weighted by atomic mass is 9.89. The molecule has 52 valence electrons. The Morgan fingerprint density at radius 1 is 1.56 bits per heavy atom. The van der Waals surface area contributed by atoms with Gasteiger partial charge in [0.2, 0.25) is 0 Å². The predicted molar refractivity (Wildman–Crippen MR) is 37.7 cm³/mol. The van der Waals surface area contributed by atoms with Gasteiger partial charge in [-0.3, -0.25) is 4.79 Å². The number of rotatable bonds is 0. The Morgan fingerprint density at radius 2 is 2.22 bits per heavy atom. The van der Waals surface area contributed by atoms with E-state index in [0.29, 0.717) is 0 Å². The highest BCUT2D eigenvalue weighted by Gasteiger charge is 2.25. The topological polar surface area (TPSA) is 17.1 Å². The van der Waals surface area contributed by atoms with Gasteiger partial charge >= 0.3 is 0 Å². The second-order valence-corrected chi connectivity index (χ2v) is 3.23. The molecule has 9 heavy (non-hydrogen) atoms. The Labute approximate surface area is 60.4 Å². The molecule has 2 heteroatoms. The Kier molecular flexibility index (Phi) is 2.12. The van der Waals surface area contributed by atoms with Crippen molar-refractivity contribution in [2.24, 2.45) is 5.92 Å². The number of Topliss-reactive ketones (excluding diaryl/α,β-unsaturated/α-hetero) is 1. The first-order valence-electron chi connectivity index (χ1n) is 3.39. The van der Waals surface area contributed by atoms with Crippen molar-refractivity contribution < 1.29 is 4.79 Å². The van der Waals surface area contributed by atoms with Crippen LogP contribution in [0.4, 0.5) is 0 Å². The highest BCUT2D eigenvalue weighted by molar-refractivity contribution is 6.31. The molecule has 1 fully saturated rings. The van der Waals surface area contributed by atoms with Crippen molar-refractivity contribution in [3.8, 4) is 0 Å². The zero-order chi connectivity index (χ0) is 6.85. The molecule has 0 saturated heterocycles. The molecule has 0 aromatic rings. The van der Waals surface area contributed by atoms with E-state index in [0.717, 1.165) is 19.3 Å². The van der Waals surface area contributed by atoms with Crippen molar-refractivity contribution in [3.63, 3.8) is 0 Å². The maximum atomic E-state index is 11.0. The van der Waals surface area contributed by atoms with Crippen LogP contribution < -0.4 is 0 Å². The van der Waals surface area contributed by atoms with E-state index in [1.54, 1.807) is 0 Å². The molecular formula is C7H11ClO. The number of carbonyl (C=O) groups excluding carboxylic acids is 1. The van der Waals surface area contributed by atoms with Crippen molar-refractivity contribution in [2.75, 3.05) is 0 Å². The average molecular weight is 147 g/mol. The van der Waals surface area contributed by atoms with E-state index >= 15 is 0 Å². The fourth-order valence-electron chi connectivity index (χ4n) is 1.20. The molecule has 0 amide bonds. The monoisotopic (exact) mass is 146 g/mol. The second-order valence-electron chi connectivity index (χ2n) is 2.70. The van der Waals surface area contributed by atoms with Gasteiger partial charge in [-0.05, 0) is 12.8 Å². The van der Waals surface area contributed by atoms with E-state index < -0.39 is 0 Å². The summed E-state index contributed by atoms with van der Waals surface area (Å²) in [6.07, 6.45) is 3.02. The number of alkyl halides is 1. The van der Waals surface area contributed by atoms with Crippen molar-refractivity contribution >= 4 is 17.4 Å². The van der Waals surface area contributed by atoms with E-state index in [-0.39, 0.29) is 17.1 Å². The molecule has 0 heterocycles. The summed E-state index contributed by atoms with van der Waals surface area (Å²) in [5.74, 6) is 0.448. The molecule has 0 unspecified atom stereocenters. The molecule has 0 radical (unpaired) electrons. The maximum absolute atomic E-state index is 11.0. The summed E-state index contributed by atoms with van der Waals surface area (Å²) in [6, 6.07) is 0. The minimum absolute atomic E-state index is 0.186. The van der Waals surface area contributed by atoms with Gasteiger partial charge in [0.1, 0.15) is 0 Å². The molecule has 0 aliphatic heterocycles. The van der Waals surface area contributed by atoms with Crippen molar-refractivity contribution in [3.05, 3.63) is 0 Å². The normalized spacial score (nSPS) is 36.9. The number of ketones is 1. The Bertz CT molecular complexity index is 110. The SMILES string of the molecule is C[C@H]1CCC[C@@H](Cl)C1=O. The third-order valence-corrected chi connectivity index (χ3v) is 2.32. The zero-order valence-corrected chi connectivity index (χ0v) is 6.32. The van der Waals surface area contributed by atoms with Gasteiger partial charge in [-0.15, -0.1) is 11.6 Å².